The van der Waals surface area contributed by atoms with Crippen LogP contribution in [-0.4, -0.2) is 55.7 Å². The predicted molar refractivity (Wildman–Crippen MR) is 76.1 cm³/mol. The maximum Gasteiger partial charge on any atom is 0.335 e. The lowest BCUT2D eigenvalue weighted by Gasteiger charge is -2.19. The summed E-state index contributed by atoms with van der Waals surface area (Å²) in [5.41, 5.74) is -0.140. The predicted octanol–water partition coefficient (Wildman–Crippen LogP) is 0.785. The van der Waals surface area contributed by atoms with Crippen molar-refractivity contribution in [3.05, 3.63) is 23.8 Å². The van der Waals surface area contributed by atoms with Gasteiger partial charge in [0.1, 0.15) is 10.6 Å². The summed E-state index contributed by atoms with van der Waals surface area (Å²) in [6, 6.07) is 3.64. The van der Waals surface area contributed by atoms with Gasteiger partial charge >= 0.3 is 5.97 Å². The molecule has 0 aliphatic rings. The average molecular weight is 317 g/mol. The van der Waals surface area contributed by atoms with Crippen molar-refractivity contribution in [2.45, 2.75) is 24.3 Å². The van der Waals surface area contributed by atoms with E-state index in [1.54, 1.807) is 6.92 Å². The minimum absolute atomic E-state index is 0.0731. The van der Waals surface area contributed by atoms with Gasteiger partial charge in [0, 0.05) is 13.6 Å². The first-order chi connectivity index (χ1) is 9.70. The van der Waals surface area contributed by atoms with Crippen LogP contribution in [-0.2, 0) is 10.0 Å². The largest absolute Gasteiger partial charge is 0.495 e. The molecule has 0 aliphatic heterocycles. The molecule has 0 radical (unpaired) electrons. The first-order valence-corrected chi connectivity index (χ1v) is 7.70. The van der Waals surface area contributed by atoms with Crippen molar-refractivity contribution >= 4 is 16.0 Å². The molecule has 0 fully saturated rings. The molecule has 1 unspecified atom stereocenters. The van der Waals surface area contributed by atoms with Crippen LogP contribution >= 0.6 is 0 Å². The van der Waals surface area contributed by atoms with Crippen LogP contribution in [0.5, 0.6) is 5.75 Å². The van der Waals surface area contributed by atoms with Gasteiger partial charge in [0.15, 0.2) is 0 Å². The zero-order valence-corrected chi connectivity index (χ0v) is 12.9. The zero-order chi connectivity index (χ0) is 16.2. The number of hydrogen-bond acceptors (Lipinski definition) is 5. The molecule has 0 amide bonds. The first kappa shape index (κ1) is 17.4. The van der Waals surface area contributed by atoms with Gasteiger partial charge in [-0.1, -0.05) is 0 Å². The molecule has 0 saturated heterocycles. The van der Waals surface area contributed by atoms with Gasteiger partial charge in [0.2, 0.25) is 10.0 Å². The molecular formula is C13H19NO6S. The fraction of sp³-hybridized carbons (Fsp3) is 0.462. The molecule has 0 bridgehead atoms. The summed E-state index contributed by atoms with van der Waals surface area (Å²) in [6.07, 6.45) is -0.355. The average Bonchev–Trinajstić information content (AvgIpc) is 2.43. The molecule has 118 valence electrons. The molecule has 0 heterocycles. The highest BCUT2D eigenvalue weighted by Crippen LogP contribution is 2.27. The molecule has 0 spiro atoms. The van der Waals surface area contributed by atoms with Crippen LogP contribution in [0.25, 0.3) is 0 Å². The summed E-state index contributed by atoms with van der Waals surface area (Å²) in [4.78, 5) is 10.8. The highest BCUT2D eigenvalue weighted by Gasteiger charge is 2.26. The van der Waals surface area contributed by atoms with E-state index in [1.165, 1.54) is 26.3 Å². The van der Waals surface area contributed by atoms with Gasteiger partial charge < -0.3 is 14.9 Å². The molecule has 21 heavy (non-hydrogen) atoms. The Balaban J connectivity index is 3.22. The Labute approximate surface area is 123 Å². The van der Waals surface area contributed by atoms with E-state index in [0.29, 0.717) is 0 Å². The van der Waals surface area contributed by atoms with E-state index in [-0.39, 0.29) is 29.2 Å². The maximum absolute atomic E-state index is 12.5. The van der Waals surface area contributed by atoms with Crippen LogP contribution in [0, 0.1) is 0 Å². The number of hydrogen-bond donors (Lipinski definition) is 2. The third-order valence-electron chi connectivity index (χ3n) is 2.96. The summed E-state index contributed by atoms with van der Waals surface area (Å²) < 4.78 is 31.0. The van der Waals surface area contributed by atoms with Crippen molar-refractivity contribution in [2.75, 3.05) is 20.7 Å². The van der Waals surface area contributed by atoms with Crippen LogP contribution in [0.1, 0.15) is 23.7 Å². The molecule has 1 aromatic carbocycles. The standard InChI is InChI=1S/C13H19NO6S/c1-9(15)6-7-14(2)21(18,19)12-8-10(13(16)17)4-5-11(12)20-3/h4-5,8-9,15H,6-7H2,1-3H3,(H,16,17). The lowest BCUT2D eigenvalue weighted by molar-refractivity contribution is 0.0696. The number of benzene rings is 1. The molecule has 2 N–H and O–H groups in total. The molecule has 0 saturated carbocycles. The third kappa shape index (κ3) is 4.16. The molecule has 0 aliphatic carbocycles. The van der Waals surface area contributed by atoms with Gasteiger partial charge in [-0.2, -0.15) is 0 Å². The van der Waals surface area contributed by atoms with Gasteiger partial charge in [-0.15, -0.1) is 0 Å². The Hall–Kier alpha value is -1.64. The summed E-state index contributed by atoms with van der Waals surface area (Å²) in [5.74, 6) is -1.15. The summed E-state index contributed by atoms with van der Waals surface area (Å²) in [6.45, 7) is 1.67. The van der Waals surface area contributed by atoms with Crippen molar-refractivity contribution in [1.29, 1.82) is 0 Å². The van der Waals surface area contributed by atoms with Crippen molar-refractivity contribution in [3.8, 4) is 5.75 Å². The topological polar surface area (TPSA) is 104 Å². The Morgan fingerprint density at radius 1 is 1.43 bits per heavy atom. The van der Waals surface area contributed by atoms with Crippen LogP contribution < -0.4 is 4.74 Å². The Morgan fingerprint density at radius 2 is 2.05 bits per heavy atom. The molecule has 1 rings (SSSR count). The minimum Gasteiger partial charge on any atom is -0.495 e. The number of nitrogens with zero attached hydrogens (tertiary/aromatic N) is 1. The Kier molecular flexibility index (Phi) is 5.70. The molecule has 1 atom stereocenters. The number of carboxylic acids is 1. The molecule has 8 heteroatoms. The van der Waals surface area contributed by atoms with Gasteiger partial charge in [0.25, 0.3) is 0 Å². The second kappa shape index (κ2) is 6.88. The smallest absolute Gasteiger partial charge is 0.335 e. The zero-order valence-electron chi connectivity index (χ0n) is 12.1. The van der Waals surface area contributed by atoms with Gasteiger partial charge in [-0.05, 0) is 31.5 Å². The van der Waals surface area contributed by atoms with E-state index in [9.17, 15) is 18.3 Å². The fourth-order valence-corrected chi connectivity index (χ4v) is 3.03. The lowest BCUT2D eigenvalue weighted by atomic mass is 10.2. The van der Waals surface area contributed by atoms with E-state index in [0.717, 1.165) is 10.4 Å². The Morgan fingerprint density at radius 3 is 2.52 bits per heavy atom. The number of aliphatic hydroxyl groups is 1. The van der Waals surface area contributed by atoms with Crippen LogP contribution in [0.15, 0.2) is 23.1 Å². The third-order valence-corrected chi connectivity index (χ3v) is 4.84. The second-order valence-electron chi connectivity index (χ2n) is 4.64. The van der Waals surface area contributed by atoms with Crippen LogP contribution in [0.4, 0.5) is 0 Å². The van der Waals surface area contributed by atoms with Gasteiger partial charge in [-0.3, -0.25) is 0 Å². The van der Waals surface area contributed by atoms with Crippen molar-refractivity contribution in [1.82, 2.24) is 4.31 Å². The van der Waals surface area contributed by atoms with Crippen molar-refractivity contribution < 1.29 is 28.2 Å². The summed E-state index contributed by atoms with van der Waals surface area (Å²) >= 11 is 0. The van der Waals surface area contributed by atoms with E-state index >= 15 is 0 Å². The van der Waals surface area contributed by atoms with Crippen molar-refractivity contribution in [2.24, 2.45) is 0 Å². The number of carboxylic acid groups (broad SMARTS) is 1. The van der Waals surface area contributed by atoms with E-state index in [2.05, 4.69) is 0 Å². The highest BCUT2D eigenvalue weighted by atomic mass is 32.2. The number of aliphatic hydroxyl groups excluding tert-OH is 1. The molecule has 0 aromatic heterocycles. The van der Waals surface area contributed by atoms with Crippen LogP contribution in [0.2, 0.25) is 0 Å². The molecule has 1 aromatic rings. The van der Waals surface area contributed by atoms with Gasteiger partial charge in [0.05, 0.1) is 18.8 Å². The van der Waals surface area contributed by atoms with Crippen molar-refractivity contribution in [3.63, 3.8) is 0 Å². The van der Waals surface area contributed by atoms with Crippen LogP contribution in [0.3, 0.4) is 0 Å². The lowest BCUT2D eigenvalue weighted by Crippen LogP contribution is -2.30. The number of carbonyl (C=O) groups is 1. The van der Waals surface area contributed by atoms with E-state index < -0.39 is 22.1 Å². The quantitative estimate of drug-likeness (QED) is 0.770. The minimum atomic E-state index is -3.90. The summed E-state index contributed by atoms with van der Waals surface area (Å²) in [5, 5.41) is 18.2. The number of methoxy groups -OCH3 is 1. The van der Waals surface area contributed by atoms with Gasteiger partial charge in [-0.25, -0.2) is 17.5 Å². The number of sulfonamides is 1. The summed E-state index contributed by atoms with van der Waals surface area (Å²) in [7, 11) is -1.22. The number of ether oxygens (including phenoxy) is 1. The molecule has 7 nitrogen and oxygen atoms in total. The first-order valence-electron chi connectivity index (χ1n) is 6.26. The number of aromatic carboxylic acids is 1. The maximum atomic E-state index is 12.5. The normalized spacial score (nSPS) is 13.2. The highest BCUT2D eigenvalue weighted by molar-refractivity contribution is 7.89. The number of rotatable bonds is 7. The fourth-order valence-electron chi connectivity index (χ4n) is 1.67. The Bertz CT molecular complexity index is 611. The second-order valence-corrected chi connectivity index (χ2v) is 6.65. The molecular weight excluding hydrogens is 298 g/mol. The van der Waals surface area contributed by atoms with E-state index in [1.807, 2.05) is 0 Å². The monoisotopic (exact) mass is 317 g/mol. The SMILES string of the molecule is COc1ccc(C(=O)O)cc1S(=O)(=O)N(C)CCC(C)O. The van der Waals surface area contributed by atoms with E-state index in [4.69, 9.17) is 9.84 Å².